The van der Waals surface area contributed by atoms with E-state index in [-0.39, 0.29) is 39.7 Å². The summed E-state index contributed by atoms with van der Waals surface area (Å²) in [6.45, 7) is 9.05. The molecule has 0 aliphatic heterocycles. The van der Waals surface area contributed by atoms with Crippen molar-refractivity contribution >= 4 is 11.9 Å². The minimum Gasteiger partial charge on any atom is -0.450 e. The zero-order chi connectivity index (χ0) is 12.5. The number of amides is 1. The Hall–Kier alpha value is -1.10. The maximum Gasteiger partial charge on any atom is 0.303 e. The van der Waals surface area contributed by atoms with Gasteiger partial charge < -0.3 is 10.1 Å². The van der Waals surface area contributed by atoms with Gasteiger partial charge in [-0.05, 0) is 27.8 Å². The lowest BCUT2D eigenvalue weighted by atomic mass is 10.1. The van der Waals surface area contributed by atoms with Gasteiger partial charge in [-0.2, -0.15) is 0 Å². The third kappa shape index (κ3) is 46.1. The highest BCUT2D eigenvalue weighted by atomic mass is 16.5. The van der Waals surface area contributed by atoms with Gasteiger partial charge in [-0.3, -0.25) is 14.9 Å². The summed E-state index contributed by atoms with van der Waals surface area (Å²) in [6.07, 6.45) is 0. The summed E-state index contributed by atoms with van der Waals surface area (Å²) in [6, 6.07) is 0. The molecule has 5 nitrogen and oxygen atoms in total. The third-order valence-corrected chi connectivity index (χ3v) is 0.971. The van der Waals surface area contributed by atoms with Gasteiger partial charge in [-0.15, -0.1) is 0 Å². The zero-order valence-electron chi connectivity index (χ0n) is 10.4. The van der Waals surface area contributed by atoms with Crippen LogP contribution in [0.4, 0.5) is 0 Å². The molecule has 0 atom stereocenters. The molecular weight excluding hydrogens is 232 g/mol. The smallest absolute Gasteiger partial charge is 0.303 e. The molecule has 114 valence electrons. The Morgan fingerprint density at radius 1 is 1.06 bits per heavy atom. The summed E-state index contributed by atoms with van der Waals surface area (Å²) in [5.74, 6) is -0.230. The molecule has 0 radical (unpaired) electrons. The average Bonchev–Trinajstić information content (AvgIpc) is 1.96. The number of esters is 1. The molecule has 0 saturated heterocycles. The number of hydrogen-bond donors (Lipinski definition) is 2. The molecule has 18 heavy (non-hydrogen) atoms. The number of ether oxygens (including phenoxy) is 1. The second-order valence-electron chi connectivity index (χ2n) is 4.06. The number of carbonyl (C=O) groups is 2. The van der Waals surface area contributed by atoms with Crippen LogP contribution in [0.25, 0.3) is 0 Å². The van der Waals surface area contributed by atoms with Crippen LogP contribution in [0.1, 0.15) is 56.9 Å². The molecule has 0 saturated carbocycles. The SMILES string of the molecule is C.C.C.CC(=O)NC(C)(C)C.CNCOC(C)=O. The number of nitrogens with one attached hydrogen (secondary N) is 2. The Balaban J connectivity index is -0.0000000540. The lowest BCUT2D eigenvalue weighted by molar-refractivity contribution is -0.141. The maximum absolute atomic E-state index is 10.3. The molecule has 0 rings (SSSR count). The van der Waals surface area contributed by atoms with Crippen molar-refractivity contribution < 1.29 is 14.3 Å². The Kier molecular flexibility index (Phi) is 26.7. The first-order valence-corrected chi connectivity index (χ1v) is 4.75. The molecule has 0 heterocycles. The fourth-order valence-electron chi connectivity index (χ4n) is 0.702. The molecule has 0 fully saturated rings. The summed E-state index contributed by atoms with van der Waals surface area (Å²) >= 11 is 0. The van der Waals surface area contributed by atoms with Crippen LogP contribution >= 0.6 is 0 Å². The van der Waals surface area contributed by atoms with E-state index in [4.69, 9.17) is 0 Å². The van der Waals surface area contributed by atoms with Crippen LogP contribution in [-0.4, -0.2) is 31.2 Å². The minimum absolute atomic E-state index is 0. The van der Waals surface area contributed by atoms with E-state index in [0.29, 0.717) is 6.73 Å². The van der Waals surface area contributed by atoms with Crippen LogP contribution in [0.2, 0.25) is 0 Å². The summed E-state index contributed by atoms with van der Waals surface area (Å²) in [4.78, 5) is 20.3. The van der Waals surface area contributed by atoms with Gasteiger partial charge in [0.1, 0.15) is 6.73 Å². The fourth-order valence-corrected chi connectivity index (χ4v) is 0.702. The normalized spacial score (nSPS) is 8.11. The molecule has 0 bridgehead atoms. The van der Waals surface area contributed by atoms with E-state index in [9.17, 15) is 9.59 Å². The van der Waals surface area contributed by atoms with Crippen LogP contribution in [-0.2, 0) is 14.3 Å². The Morgan fingerprint density at radius 2 is 1.44 bits per heavy atom. The van der Waals surface area contributed by atoms with E-state index < -0.39 is 0 Å². The summed E-state index contributed by atoms with van der Waals surface area (Å²) in [5.41, 5.74) is -0.0775. The Labute approximate surface area is 114 Å². The standard InChI is InChI=1S/C6H13NO.C4H9NO2.3CH4/c1-5(8)7-6(2,3)4;1-4(6)7-3-5-2;;;/h1-4H3,(H,7,8);5H,3H2,1-2H3;3*1H4. The molecular formula is C13H34N2O3. The third-order valence-electron chi connectivity index (χ3n) is 0.971. The topological polar surface area (TPSA) is 67.4 Å². The van der Waals surface area contributed by atoms with Crippen molar-refractivity contribution in [3.8, 4) is 0 Å². The second-order valence-corrected chi connectivity index (χ2v) is 4.06. The molecule has 0 spiro atoms. The highest BCUT2D eigenvalue weighted by Crippen LogP contribution is 1.96. The van der Waals surface area contributed by atoms with Crippen LogP contribution in [0.5, 0.6) is 0 Å². The Morgan fingerprint density at radius 3 is 1.50 bits per heavy atom. The van der Waals surface area contributed by atoms with Crippen molar-refractivity contribution in [1.29, 1.82) is 0 Å². The lowest BCUT2D eigenvalue weighted by Gasteiger charge is -2.18. The van der Waals surface area contributed by atoms with E-state index in [1.54, 1.807) is 7.05 Å². The molecule has 2 N–H and O–H groups in total. The highest BCUT2D eigenvalue weighted by molar-refractivity contribution is 5.73. The van der Waals surface area contributed by atoms with Crippen LogP contribution in [0.3, 0.4) is 0 Å². The van der Waals surface area contributed by atoms with Crippen LogP contribution < -0.4 is 10.6 Å². The lowest BCUT2D eigenvalue weighted by Crippen LogP contribution is -2.38. The molecule has 0 aromatic carbocycles. The number of rotatable bonds is 2. The van der Waals surface area contributed by atoms with Gasteiger partial charge >= 0.3 is 5.97 Å². The maximum atomic E-state index is 10.3. The molecule has 0 unspecified atom stereocenters. The molecule has 0 aliphatic rings. The highest BCUT2D eigenvalue weighted by Gasteiger charge is 2.08. The zero-order valence-corrected chi connectivity index (χ0v) is 10.4. The Bertz CT molecular complexity index is 199. The van der Waals surface area contributed by atoms with Crippen molar-refractivity contribution in [1.82, 2.24) is 10.6 Å². The van der Waals surface area contributed by atoms with Crippen molar-refractivity contribution in [3.05, 3.63) is 0 Å². The van der Waals surface area contributed by atoms with E-state index in [1.807, 2.05) is 20.8 Å². The summed E-state index contributed by atoms with van der Waals surface area (Å²) < 4.78 is 4.44. The van der Waals surface area contributed by atoms with Gasteiger partial charge in [0.05, 0.1) is 0 Å². The van der Waals surface area contributed by atoms with Gasteiger partial charge in [-0.25, -0.2) is 0 Å². The van der Waals surface area contributed by atoms with Crippen LogP contribution in [0, 0.1) is 0 Å². The number of hydrogen-bond acceptors (Lipinski definition) is 4. The van der Waals surface area contributed by atoms with Crippen molar-refractivity contribution in [2.75, 3.05) is 13.8 Å². The number of carbonyl (C=O) groups excluding carboxylic acids is 2. The van der Waals surface area contributed by atoms with E-state index >= 15 is 0 Å². The van der Waals surface area contributed by atoms with E-state index in [1.165, 1.54) is 13.8 Å². The quantitative estimate of drug-likeness (QED) is 0.595. The molecule has 5 heteroatoms. The molecule has 1 amide bonds. The van der Waals surface area contributed by atoms with Crippen molar-refractivity contribution in [2.45, 2.75) is 62.4 Å². The first-order valence-electron chi connectivity index (χ1n) is 4.75. The summed E-state index contributed by atoms with van der Waals surface area (Å²) in [5, 5.41) is 5.40. The van der Waals surface area contributed by atoms with Gasteiger partial charge in [0.25, 0.3) is 0 Å². The first-order chi connectivity index (χ1) is 6.69. The van der Waals surface area contributed by atoms with Crippen molar-refractivity contribution in [2.24, 2.45) is 0 Å². The van der Waals surface area contributed by atoms with Gasteiger partial charge in [0.15, 0.2) is 0 Å². The van der Waals surface area contributed by atoms with Crippen molar-refractivity contribution in [3.63, 3.8) is 0 Å². The van der Waals surface area contributed by atoms with Gasteiger partial charge in [0.2, 0.25) is 5.91 Å². The predicted octanol–water partition coefficient (Wildman–Crippen LogP) is 2.56. The average molecular weight is 266 g/mol. The van der Waals surface area contributed by atoms with Crippen LogP contribution in [0.15, 0.2) is 0 Å². The monoisotopic (exact) mass is 266 g/mol. The van der Waals surface area contributed by atoms with E-state index in [2.05, 4.69) is 15.4 Å². The second kappa shape index (κ2) is 15.9. The van der Waals surface area contributed by atoms with Gasteiger partial charge in [0, 0.05) is 19.4 Å². The fraction of sp³-hybridized carbons (Fsp3) is 0.846. The van der Waals surface area contributed by atoms with E-state index in [0.717, 1.165) is 0 Å². The molecule has 0 aliphatic carbocycles. The summed E-state index contributed by atoms with van der Waals surface area (Å²) in [7, 11) is 1.71. The predicted molar refractivity (Wildman–Crippen MR) is 79.5 cm³/mol. The molecule has 0 aromatic heterocycles. The first kappa shape index (κ1) is 30.2. The largest absolute Gasteiger partial charge is 0.450 e. The van der Waals surface area contributed by atoms with Gasteiger partial charge in [-0.1, -0.05) is 22.3 Å². The molecule has 0 aromatic rings. The minimum atomic E-state index is -0.255.